The van der Waals surface area contributed by atoms with E-state index < -0.39 is 5.67 Å². The molecule has 0 radical (unpaired) electrons. The van der Waals surface area contributed by atoms with Gasteiger partial charge in [0.25, 0.3) is 0 Å². The van der Waals surface area contributed by atoms with Gasteiger partial charge in [-0.1, -0.05) is 77.2 Å². The summed E-state index contributed by atoms with van der Waals surface area (Å²) in [5.74, 6) is 5.07. The number of alkyl halides is 1. The van der Waals surface area contributed by atoms with Crippen molar-refractivity contribution in [3.63, 3.8) is 0 Å². The quantitative estimate of drug-likeness (QED) is 0.216. The van der Waals surface area contributed by atoms with Crippen LogP contribution in [0.2, 0.25) is 0 Å². The van der Waals surface area contributed by atoms with E-state index in [9.17, 15) is 4.39 Å². The Morgan fingerprint density at radius 1 is 1.04 bits per heavy atom. The molecular formula is C24H46FNS. The van der Waals surface area contributed by atoms with E-state index in [0.717, 1.165) is 29.4 Å². The summed E-state index contributed by atoms with van der Waals surface area (Å²) in [5, 5.41) is 0. The molecule has 0 spiro atoms. The second kappa shape index (κ2) is 12.1. The molecule has 1 nitrogen and oxygen atoms in total. The molecule has 0 aromatic carbocycles. The Hall–Kier alpha value is 0.240. The molecule has 2 unspecified atom stereocenters. The van der Waals surface area contributed by atoms with Crippen molar-refractivity contribution in [2.45, 2.75) is 110 Å². The number of nitrogens with zero attached hydrogens (tertiary/aromatic N) is 1. The molecule has 0 aromatic heterocycles. The highest BCUT2D eigenvalue weighted by molar-refractivity contribution is 7.97. The summed E-state index contributed by atoms with van der Waals surface area (Å²) < 4.78 is 16.0. The van der Waals surface area contributed by atoms with Gasteiger partial charge in [0.05, 0.1) is 0 Å². The molecule has 2 fully saturated rings. The van der Waals surface area contributed by atoms with E-state index in [0.29, 0.717) is 6.42 Å². The highest BCUT2D eigenvalue weighted by atomic mass is 32.2. The van der Waals surface area contributed by atoms with Gasteiger partial charge in [0, 0.05) is 18.8 Å². The fraction of sp³-hybridized carbons (Fsp3) is 1.00. The van der Waals surface area contributed by atoms with Crippen LogP contribution in [-0.2, 0) is 0 Å². The molecule has 0 amide bonds. The monoisotopic (exact) mass is 399 g/mol. The van der Waals surface area contributed by atoms with E-state index in [1.165, 1.54) is 83.7 Å². The first kappa shape index (κ1) is 23.5. The molecule has 3 heteroatoms. The zero-order chi connectivity index (χ0) is 19.7. The maximum absolute atomic E-state index is 13.6. The summed E-state index contributed by atoms with van der Waals surface area (Å²) in [6.07, 6.45) is 16.4. The topological polar surface area (TPSA) is 3.24 Å². The van der Waals surface area contributed by atoms with E-state index in [-0.39, 0.29) is 0 Å². The van der Waals surface area contributed by atoms with Crippen molar-refractivity contribution < 1.29 is 4.39 Å². The van der Waals surface area contributed by atoms with Crippen molar-refractivity contribution in [3.8, 4) is 0 Å². The third kappa shape index (κ3) is 9.52. The Morgan fingerprint density at radius 2 is 1.67 bits per heavy atom. The minimum atomic E-state index is -1.01. The summed E-state index contributed by atoms with van der Waals surface area (Å²) in [5.41, 5.74) is -1.01. The molecule has 1 heterocycles. The van der Waals surface area contributed by atoms with Gasteiger partial charge in [-0.05, 0) is 63.2 Å². The maximum atomic E-state index is 13.6. The molecular weight excluding hydrogens is 353 g/mol. The summed E-state index contributed by atoms with van der Waals surface area (Å²) in [6, 6.07) is 0. The van der Waals surface area contributed by atoms with Crippen LogP contribution in [0.1, 0.15) is 105 Å². The number of halogens is 1. The molecule has 2 rings (SSSR count). The predicted octanol–water partition coefficient (Wildman–Crippen LogP) is 7.90. The minimum Gasteiger partial charge on any atom is -0.251 e. The molecule has 27 heavy (non-hydrogen) atoms. The largest absolute Gasteiger partial charge is 0.251 e. The van der Waals surface area contributed by atoms with Crippen molar-refractivity contribution in [2.24, 2.45) is 23.7 Å². The van der Waals surface area contributed by atoms with E-state index in [2.05, 4.69) is 18.2 Å². The van der Waals surface area contributed by atoms with Crippen molar-refractivity contribution in [1.29, 1.82) is 0 Å². The molecule has 2 aliphatic rings. The summed E-state index contributed by atoms with van der Waals surface area (Å²) in [6.45, 7) is 10.5. The van der Waals surface area contributed by atoms with Gasteiger partial charge in [-0.25, -0.2) is 4.39 Å². The fourth-order valence-electron chi connectivity index (χ4n) is 5.08. The van der Waals surface area contributed by atoms with Crippen LogP contribution in [-0.4, -0.2) is 28.8 Å². The van der Waals surface area contributed by atoms with Gasteiger partial charge < -0.3 is 0 Å². The second-order valence-corrected chi connectivity index (χ2v) is 11.1. The predicted molar refractivity (Wildman–Crippen MR) is 120 cm³/mol. The SMILES string of the molecule is CCCC(CCC)C1CC1CCCCC1CCN(SCCC(C)(C)F)CC1. The summed E-state index contributed by atoms with van der Waals surface area (Å²) in [4.78, 5) is 0. The Bertz CT molecular complexity index is 380. The van der Waals surface area contributed by atoms with Gasteiger partial charge in [0.1, 0.15) is 5.67 Å². The second-order valence-electron chi connectivity index (χ2n) is 9.96. The lowest BCUT2D eigenvalue weighted by Crippen LogP contribution is -2.29. The lowest BCUT2D eigenvalue weighted by Gasteiger charge is -2.31. The summed E-state index contributed by atoms with van der Waals surface area (Å²) >= 11 is 1.87. The molecule has 1 aliphatic heterocycles. The van der Waals surface area contributed by atoms with E-state index in [1.54, 1.807) is 13.8 Å². The molecule has 160 valence electrons. The van der Waals surface area contributed by atoms with Crippen molar-refractivity contribution in [1.82, 2.24) is 4.31 Å². The molecule has 0 bridgehead atoms. The molecule has 2 atom stereocenters. The van der Waals surface area contributed by atoms with E-state index in [4.69, 9.17) is 0 Å². The smallest absolute Gasteiger partial charge is 0.106 e. The van der Waals surface area contributed by atoms with Crippen LogP contribution in [0.25, 0.3) is 0 Å². The molecule has 1 saturated heterocycles. The Morgan fingerprint density at radius 3 is 2.26 bits per heavy atom. The zero-order valence-electron chi connectivity index (χ0n) is 18.6. The van der Waals surface area contributed by atoms with Gasteiger partial charge in [0.15, 0.2) is 0 Å². The van der Waals surface area contributed by atoms with Crippen LogP contribution in [0.5, 0.6) is 0 Å². The Kier molecular flexibility index (Phi) is 10.5. The third-order valence-electron chi connectivity index (χ3n) is 6.88. The van der Waals surface area contributed by atoms with Crippen LogP contribution < -0.4 is 0 Å². The van der Waals surface area contributed by atoms with Gasteiger partial charge in [-0.15, -0.1) is 0 Å². The zero-order valence-corrected chi connectivity index (χ0v) is 19.5. The molecule has 0 N–H and O–H groups in total. The number of unbranched alkanes of at least 4 members (excludes halogenated alkanes) is 1. The molecule has 1 saturated carbocycles. The minimum absolute atomic E-state index is 0.664. The van der Waals surface area contributed by atoms with Gasteiger partial charge in [0.2, 0.25) is 0 Å². The third-order valence-corrected chi connectivity index (χ3v) is 8.00. The maximum Gasteiger partial charge on any atom is 0.106 e. The molecule has 1 aliphatic carbocycles. The van der Waals surface area contributed by atoms with Gasteiger partial charge in [-0.3, -0.25) is 4.31 Å². The van der Waals surface area contributed by atoms with Crippen LogP contribution in [0.4, 0.5) is 4.39 Å². The fourth-order valence-corrected chi connectivity index (χ4v) is 6.38. The molecule has 0 aromatic rings. The number of hydrogen-bond acceptors (Lipinski definition) is 2. The Balaban J connectivity index is 1.48. The highest BCUT2D eigenvalue weighted by Crippen LogP contribution is 2.50. The number of piperidine rings is 1. The van der Waals surface area contributed by atoms with Crippen molar-refractivity contribution in [3.05, 3.63) is 0 Å². The van der Waals surface area contributed by atoms with Crippen LogP contribution >= 0.6 is 11.9 Å². The van der Waals surface area contributed by atoms with Crippen LogP contribution in [0.15, 0.2) is 0 Å². The van der Waals surface area contributed by atoms with Crippen LogP contribution in [0, 0.1) is 23.7 Å². The van der Waals surface area contributed by atoms with Gasteiger partial charge in [-0.2, -0.15) is 0 Å². The van der Waals surface area contributed by atoms with E-state index in [1.807, 2.05) is 11.9 Å². The first-order valence-electron chi connectivity index (χ1n) is 12.0. The first-order valence-corrected chi connectivity index (χ1v) is 12.9. The highest BCUT2D eigenvalue weighted by Gasteiger charge is 2.40. The number of hydrogen-bond donors (Lipinski definition) is 0. The summed E-state index contributed by atoms with van der Waals surface area (Å²) in [7, 11) is 0. The van der Waals surface area contributed by atoms with Crippen LogP contribution in [0.3, 0.4) is 0 Å². The normalized spacial score (nSPS) is 24.7. The standard InChI is InChI=1S/C24H46FNS/c1-5-9-21(10-6-2)23-19-22(23)12-8-7-11-20-13-16-26(17-14-20)27-18-15-24(3,4)25/h20-23H,5-19H2,1-4H3. The van der Waals surface area contributed by atoms with Gasteiger partial charge >= 0.3 is 0 Å². The first-order chi connectivity index (χ1) is 12.9. The van der Waals surface area contributed by atoms with Crippen molar-refractivity contribution in [2.75, 3.05) is 18.8 Å². The average Bonchev–Trinajstić information content (AvgIpc) is 3.38. The average molecular weight is 400 g/mol. The lowest BCUT2D eigenvalue weighted by atomic mass is 9.90. The van der Waals surface area contributed by atoms with E-state index >= 15 is 0 Å². The van der Waals surface area contributed by atoms with Crippen molar-refractivity contribution >= 4 is 11.9 Å². The Labute approximate surface area is 173 Å². The lowest BCUT2D eigenvalue weighted by molar-refractivity contribution is 0.211. The number of rotatable bonds is 14.